The molecule has 716 valence electrons. The lowest BCUT2D eigenvalue weighted by molar-refractivity contribution is -0.130. The summed E-state index contributed by atoms with van der Waals surface area (Å²) in [4.78, 5) is 74.6. The fraction of sp³-hybridized carbons (Fsp3) is 0.250. The van der Waals surface area contributed by atoms with Crippen molar-refractivity contribution in [3.05, 3.63) is 378 Å². The molecule has 5 aliphatic heterocycles. The molecule has 10 aromatic carbocycles. The van der Waals surface area contributed by atoms with E-state index in [9.17, 15) is 18.8 Å². The number of piperazine rings is 1. The van der Waals surface area contributed by atoms with Gasteiger partial charge in [-0.15, -0.1) is 0 Å². The Morgan fingerprint density at radius 1 is 0.421 bits per heavy atom. The van der Waals surface area contributed by atoms with Gasteiger partial charge >= 0.3 is 12.2 Å². The van der Waals surface area contributed by atoms with Gasteiger partial charge in [0, 0.05) is 207 Å². The Bertz CT molecular complexity index is 7130. The van der Waals surface area contributed by atoms with Crippen molar-refractivity contribution in [3.8, 4) is 28.7 Å². The summed E-state index contributed by atoms with van der Waals surface area (Å²) in [5.41, 5.74) is 17.7. The Morgan fingerprint density at radius 2 is 0.814 bits per heavy atom. The van der Waals surface area contributed by atoms with E-state index in [-0.39, 0.29) is 42.6 Å². The molecule has 7 aromatic heterocycles. The number of aryl methyl sites for hydroxylation is 2. The molecule has 25 nitrogen and oxygen atoms in total. The molecule has 0 radical (unpaired) electrons. The number of rotatable bonds is 23. The smallest absolute Gasteiger partial charge is 0.416 e. The minimum absolute atomic E-state index is 0.0655. The van der Waals surface area contributed by atoms with Crippen molar-refractivity contribution >= 4 is 141 Å². The summed E-state index contributed by atoms with van der Waals surface area (Å²) >= 11 is 34.4. The molecule has 12 heterocycles. The summed E-state index contributed by atoms with van der Waals surface area (Å²) in [6.45, 7) is 12.3. The molecule has 140 heavy (non-hydrogen) atoms. The van der Waals surface area contributed by atoms with Gasteiger partial charge in [-0.25, -0.2) is 28.9 Å². The zero-order chi connectivity index (χ0) is 96.1. The molecule has 4 unspecified atom stereocenters. The van der Waals surface area contributed by atoms with Crippen LogP contribution in [0.15, 0.2) is 285 Å². The van der Waals surface area contributed by atoms with E-state index in [1.807, 2.05) is 168 Å². The molecule has 32 heteroatoms. The predicted octanol–water partition coefficient (Wildman–Crippen LogP) is 23.1. The molecule has 5 aliphatic rings. The molecular formula is C108H102BrCl4FN16O9S. The number of fused-ring (bicyclic) bond motifs is 12. The van der Waals surface area contributed by atoms with Gasteiger partial charge in [-0.3, -0.25) is 19.5 Å². The summed E-state index contributed by atoms with van der Waals surface area (Å²) < 4.78 is 55.5. The summed E-state index contributed by atoms with van der Waals surface area (Å²) in [6.07, 6.45) is 21.2. The summed E-state index contributed by atoms with van der Waals surface area (Å²) in [6, 6.07) is 70.6. The first-order valence-corrected chi connectivity index (χ1v) is 49.5. The fourth-order valence-corrected chi connectivity index (χ4v) is 20.4. The molecule has 3 amide bonds. The van der Waals surface area contributed by atoms with Crippen molar-refractivity contribution in [2.24, 2.45) is 0 Å². The number of H-pyrrole nitrogens is 4. The maximum Gasteiger partial charge on any atom is 0.416 e. The number of hydrogen-bond donors (Lipinski definition) is 5. The van der Waals surface area contributed by atoms with E-state index in [0.29, 0.717) is 61.0 Å². The van der Waals surface area contributed by atoms with Crippen molar-refractivity contribution in [3.63, 3.8) is 0 Å². The minimum atomic E-state index is -0.511. The van der Waals surface area contributed by atoms with Gasteiger partial charge in [0.1, 0.15) is 46.6 Å². The van der Waals surface area contributed by atoms with Crippen molar-refractivity contribution in [1.29, 1.82) is 0 Å². The average molecular weight is 2040 g/mol. The largest absolute Gasteiger partial charge is 0.494 e. The van der Waals surface area contributed by atoms with Gasteiger partial charge in [0.25, 0.3) is 5.17 Å². The van der Waals surface area contributed by atoms with Crippen LogP contribution in [0, 0.1) is 5.82 Å². The topological polar surface area (TPSA) is 251 Å². The first-order chi connectivity index (χ1) is 68.4. The third-order valence-electron chi connectivity index (χ3n) is 26.0. The van der Waals surface area contributed by atoms with E-state index in [4.69, 9.17) is 87.0 Å². The van der Waals surface area contributed by atoms with Crippen LogP contribution in [0.1, 0.15) is 118 Å². The molecule has 0 spiro atoms. The van der Waals surface area contributed by atoms with E-state index in [2.05, 4.69) is 131 Å². The van der Waals surface area contributed by atoms with Gasteiger partial charge in [0.2, 0.25) is 5.91 Å². The number of nitrogens with zero attached hydrogens (tertiary/aromatic N) is 11. The van der Waals surface area contributed by atoms with Crippen molar-refractivity contribution in [2.45, 2.75) is 95.9 Å². The Balaban J connectivity index is 0.000000120. The van der Waals surface area contributed by atoms with Crippen molar-refractivity contribution in [2.75, 3.05) is 78.7 Å². The zero-order valence-corrected chi connectivity index (χ0v) is 82.1. The molecule has 5 N–H and O–H groups in total. The maximum absolute atomic E-state index is 13.5. The second-order valence-corrected chi connectivity index (χ2v) is 37.9. The number of halogens is 6. The standard InChI is InChI=1S/C33H34ClFN4O4.C28H27ClN6O3.C24H18BrClN2OS.C23H23ClN4O/c1-22(40)38-18-16-37(17-19-38)14-2-20-42-26-8-3-23(4-9-26)32-31-28(29-21-24(34)5-12-30(29)36-31)13-15-39(32)33(41)43-27-10-6-25(35)7-11-27;29-21-4-7-25-24(16-21)23-8-12-35(28(36)38-19-34-14-10-31-18-34)27(26(23)32-25)20-2-5-22(6-3-20)37-15-1-11-33-13-9-30-17-33;25-16-8-6-15(7-9-16)23-22-19(20-14-17(26)10-11-21(20)27-22)12-13-28(23)24(30)29-18-4-2-1-3-5-18;24-17-4-7-21-20(14-17)19-8-9-26-22(23(19)27-21)16-2-5-18(6-3-16)29-13-1-11-28-12-10-25-15-28/h3-12,21,32,36H,2,13-20H2,1H3;2-7,9-10,13-14,16-18,27,32H,1,8,11-12,15,19H2;1-11,14,23,27H,12-13H2;2-7,10,12,14-15,22,26-27H,1,8-9,11,13H2. The molecule has 0 saturated carbocycles. The molecule has 22 rings (SSSR count). The molecule has 4 atom stereocenters. The van der Waals surface area contributed by atoms with Gasteiger partial charge < -0.3 is 77.2 Å². The Labute approximate surface area is 842 Å². The van der Waals surface area contributed by atoms with Crippen LogP contribution in [-0.4, -0.2) is 175 Å². The monoisotopic (exact) mass is 2040 g/mol. The number of nitrogens with one attached hydrogen (secondary N) is 5. The van der Waals surface area contributed by atoms with Crippen LogP contribution >= 0.6 is 74.6 Å². The lowest BCUT2D eigenvalue weighted by Crippen LogP contribution is -2.48. The van der Waals surface area contributed by atoms with Crippen LogP contribution in [0.4, 0.5) is 14.0 Å². The third kappa shape index (κ3) is 22.5. The molecule has 1 saturated heterocycles. The van der Waals surface area contributed by atoms with E-state index in [1.54, 1.807) is 58.7 Å². The fourth-order valence-electron chi connectivity index (χ4n) is 19.2. The first kappa shape index (κ1) is 95.5. The molecule has 0 aliphatic carbocycles. The van der Waals surface area contributed by atoms with Crippen LogP contribution in [0.2, 0.25) is 20.1 Å². The second kappa shape index (κ2) is 44.4. The predicted molar refractivity (Wildman–Crippen MR) is 551 cm³/mol. The van der Waals surface area contributed by atoms with Crippen LogP contribution in [0.25, 0.3) is 43.6 Å². The van der Waals surface area contributed by atoms with Gasteiger partial charge in [0.05, 0.1) is 50.9 Å². The maximum atomic E-state index is 13.5. The highest BCUT2D eigenvalue weighted by Crippen LogP contribution is 2.45. The number of carbonyl (C=O) groups excluding carboxylic acids is 3. The van der Waals surface area contributed by atoms with Crippen molar-refractivity contribution in [1.82, 2.24) is 78.4 Å². The second-order valence-electron chi connectivity index (χ2n) is 34.9. The Hall–Kier alpha value is -13.4. The number of imidazole rings is 3. The van der Waals surface area contributed by atoms with Crippen molar-refractivity contribution < 1.29 is 47.2 Å². The number of hydrogen-bond acceptors (Lipinski definition) is 15. The van der Waals surface area contributed by atoms with E-state index in [0.717, 1.165) is 201 Å². The van der Waals surface area contributed by atoms with Crippen LogP contribution in [0.3, 0.4) is 0 Å². The lowest BCUT2D eigenvalue weighted by Gasteiger charge is -2.37. The number of aromatic amines is 4. The Morgan fingerprint density at radius 3 is 1.26 bits per heavy atom. The van der Waals surface area contributed by atoms with Gasteiger partial charge in [0.15, 0.2) is 6.73 Å². The molecule has 1 fully saturated rings. The number of ether oxygens (including phenoxy) is 6. The molecular weight excluding hydrogens is 1940 g/mol. The number of thiocarbonyl (C=S) groups is 1. The van der Waals surface area contributed by atoms with Crippen LogP contribution < -0.4 is 29.0 Å². The SMILES string of the molecule is CC(=O)N1CCN(CCCOc2ccc(C3c4[nH]c5ccc(Cl)cc5c4CCN3C(=O)Oc3ccc(F)cc3)cc2)CC1.Clc1ccc2[nH]c3c(c2c1)CCNC3c1ccc(OCCCn2ccnc2)cc1.O=C(OCn1ccnc1)N1CCc2c([nH]c3ccc(Cl)cc23)C1c1ccc(OCCCn2ccnc2)cc1.S=C(Oc1ccccc1)N1CCc2c([nH]c3ccc(Cl)cc23)C1c1ccc(Br)cc1. The highest BCUT2D eigenvalue weighted by Gasteiger charge is 2.40. The molecule has 0 bridgehead atoms. The highest BCUT2D eigenvalue weighted by atomic mass is 79.9. The summed E-state index contributed by atoms with van der Waals surface area (Å²) in [7, 11) is 0. The van der Waals surface area contributed by atoms with Crippen LogP contribution in [0.5, 0.6) is 28.7 Å². The van der Waals surface area contributed by atoms with Gasteiger partial charge in [-0.05, 0) is 259 Å². The van der Waals surface area contributed by atoms with E-state index >= 15 is 0 Å². The minimum Gasteiger partial charge on any atom is -0.494 e. The van der Waals surface area contributed by atoms with Crippen LogP contribution in [-0.2, 0) is 55.0 Å². The number of aromatic nitrogens is 10. The van der Waals surface area contributed by atoms with E-state index < -0.39 is 18.0 Å². The number of benzene rings is 10. The number of amides is 3. The summed E-state index contributed by atoms with van der Waals surface area (Å²) in [5.74, 6) is 3.21. The first-order valence-electron chi connectivity index (χ1n) is 46.8. The quantitative estimate of drug-likeness (QED) is 0.0295. The van der Waals surface area contributed by atoms with E-state index in [1.165, 1.54) is 63.0 Å². The summed E-state index contributed by atoms with van der Waals surface area (Å²) in [5, 5.41) is 11.5. The third-order valence-corrected chi connectivity index (χ3v) is 27.8. The lowest BCUT2D eigenvalue weighted by atomic mass is 9.92. The average Bonchev–Trinajstić information content (AvgIpc) is 1.64. The number of carbonyl (C=O) groups is 3. The van der Waals surface area contributed by atoms with Gasteiger partial charge in [-0.2, -0.15) is 0 Å². The normalized spacial score (nSPS) is 16.1. The molecule has 17 aromatic rings. The highest BCUT2D eigenvalue weighted by molar-refractivity contribution is 9.10. The number of para-hydroxylation sites is 1. The van der Waals surface area contributed by atoms with Gasteiger partial charge in [-0.1, -0.05) is 129 Å². The Kier molecular flexibility index (Phi) is 30.3. The zero-order valence-electron chi connectivity index (χ0n) is 76.7.